The van der Waals surface area contributed by atoms with E-state index < -0.39 is 10.9 Å². The van der Waals surface area contributed by atoms with Gasteiger partial charge in [-0.15, -0.1) is 0 Å². The fourth-order valence-corrected chi connectivity index (χ4v) is 1.72. The van der Waals surface area contributed by atoms with Gasteiger partial charge in [0, 0.05) is 18.6 Å². The van der Waals surface area contributed by atoms with Gasteiger partial charge in [0.1, 0.15) is 11.8 Å². The number of carboxylic acids is 1. The number of nitrogens with zero attached hydrogens (tertiary/aromatic N) is 2. The average molecular weight is 268 g/mol. The molecule has 1 aliphatic heterocycles. The largest absolute Gasteiger partial charge is 0.477 e. The van der Waals surface area contributed by atoms with Crippen LogP contribution in [0.2, 0.25) is 0 Å². The molecule has 1 N–H and O–H groups in total. The first-order chi connectivity index (χ1) is 9.08. The highest BCUT2D eigenvalue weighted by molar-refractivity contribution is 5.90. The number of ether oxygens (including phenoxy) is 2. The van der Waals surface area contributed by atoms with E-state index in [-0.39, 0.29) is 29.7 Å². The van der Waals surface area contributed by atoms with E-state index in [4.69, 9.17) is 14.6 Å². The van der Waals surface area contributed by atoms with Crippen molar-refractivity contribution in [2.24, 2.45) is 5.92 Å². The summed E-state index contributed by atoms with van der Waals surface area (Å²) in [5.41, 5.74) is -0.693. The minimum absolute atomic E-state index is 0.106. The van der Waals surface area contributed by atoms with E-state index in [0.29, 0.717) is 13.2 Å². The molecule has 1 aliphatic rings. The van der Waals surface area contributed by atoms with Gasteiger partial charge in [-0.1, -0.05) is 0 Å². The molecule has 8 nitrogen and oxygen atoms in total. The lowest BCUT2D eigenvalue weighted by molar-refractivity contribution is -0.385. The molecule has 1 fully saturated rings. The Balaban J connectivity index is 2.14. The van der Waals surface area contributed by atoms with Gasteiger partial charge in [-0.05, 0) is 6.42 Å². The topological polar surface area (TPSA) is 112 Å². The Morgan fingerprint density at radius 1 is 1.68 bits per heavy atom. The summed E-state index contributed by atoms with van der Waals surface area (Å²) in [6, 6.07) is 0.940. The third-order valence-electron chi connectivity index (χ3n) is 2.76. The van der Waals surface area contributed by atoms with Gasteiger partial charge in [0.2, 0.25) is 5.88 Å². The summed E-state index contributed by atoms with van der Waals surface area (Å²) in [5, 5.41) is 19.6. The van der Waals surface area contributed by atoms with Gasteiger partial charge in [-0.3, -0.25) is 10.1 Å². The van der Waals surface area contributed by atoms with E-state index in [2.05, 4.69) is 4.98 Å². The zero-order valence-electron chi connectivity index (χ0n) is 9.94. The van der Waals surface area contributed by atoms with E-state index in [9.17, 15) is 14.9 Å². The van der Waals surface area contributed by atoms with Crippen LogP contribution in [0.3, 0.4) is 0 Å². The number of hydrogen-bond donors (Lipinski definition) is 1. The molecule has 1 saturated heterocycles. The van der Waals surface area contributed by atoms with Gasteiger partial charge in [0.05, 0.1) is 18.1 Å². The lowest BCUT2D eigenvalue weighted by Gasteiger charge is -2.10. The molecule has 2 heterocycles. The van der Waals surface area contributed by atoms with Crippen molar-refractivity contribution in [3.05, 3.63) is 27.9 Å². The van der Waals surface area contributed by atoms with Crippen molar-refractivity contribution >= 4 is 11.7 Å². The van der Waals surface area contributed by atoms with Gasteiger partial charge < -0.3 is 14.6 Å². The van der Waals surface area contributed by atoms with Crippen molar-refractivity contribution in [2.45, 2.75) is 6.42 Å². The molecule has 0 amide bonds. The second kappa shape index (κ2) is 5.61. The summed E-state index contributed by atoms with van der Waals surface area (Å²) in [5.74, 6) is -1.22. The maximum atomic E-state index is 11.0. The van der Waals surface area contributed by atoms with Crippen LogP contribution in [0.1, 0.15) is 16.8 Å². The van der Waals surface area contributed by atoms with Crippen LogP contribution in [-0.2, 0) is 4.74 Å². The van der Waals surface area contributed by atoms with Crippen LogP contribution in [0.4, 0.5) is 5.69 Å². The maximum Gasteiger partial charge on any atom is 0.341 e. The van der Waals surface area contributed by atoms with E-state index in [1.165, 1.54) is 0 Å². The molecule has 8 heteroatoms. The molecule has 0 radical (unpaired) electrons. The Kier molecular flexibility index (Phi) is 3.91. The summed E-state index contributed by atoms with van der Waals surface area (Å²) in [7, 11) is 0. The molecular formula is C11H12N2O6. The van der Waals surface area contributed by atoms with Crippen molar-refractivity contribution in [3.63, 3.8) is 0 Å². The average Bonchev–Trinajstić information content (AvgIpc) is 2.89. The van der Waals surface area contributed by atoms with E-state index in [1.807, 2.05) is 0 Å². The van der Waals surface area contributed by atoms with Gasteiger partial charge >= 0.3 is 5.97 Å². The monoisotopic (exact) mass is 268 g/mol. The summed E-state index contributed by atoms with van der Waals surface area (Å²) >= 11 is 0. The van der Waals surface area contributed by atoms with Crippen molar-refractivity contribution in [2.75, 3.05) is 19.8 Å². The van der Waals surface area contributed by atoms with Crippen molar-refractivity contribution in [1.29, 1.82) is 0 Å². The first kappa shape index (κ1) is 13.2. The molecule has 0 aromatic carbocycles. The lowest BCUT2D eigenvalue weighted by Crippen LogP contribution is -2.14. The van der Waals surface area contributed by atoms with Gasteiger partial charge in [0.25, 0.3) is 5.69 Å². The van der Waals surface area contributed by atoms with E-state index >= 15 is 0 Å². The Morgan fingerprint density at radius 3 is 3.05 bits per heavy atom. The van der Waals surface area contributed by atoms with Crippen molar-refractivity contribution < 1.29 is 24.3 Å². The quantitative estimate of drug-likeness (QED) is 0.628. The normalized spacial score (nSPS) is 18.2. The lowest BCUT2D eigenvalue weighted by atomic mass is 10.1. The number of carbonyl (C=O) groups is 1. The van der Waals surface area contributed by atoms with Gasteiger partial charge in [0.15, 0.2) is 0 Å². The Labute approximate surface area is 108 Å². The fraction of sp³-hybridized carbons (Fsp3) is 0.455. The zero-order valence-corrected chi connectivity index (χ0v) is 9.94. The molecule has 1 aromatic heterocycles. The highest BCUT2D eigenvalue weighted by atomic mass is 16.6. The molecule has 0 aliphatic carbocycles. The number of pyridine rings is 1. The highest BCUT2D eigenvalue weighted by Crippen LogP contribution is 2.22. The molecule has 19 heavy (non-hydrogen) atoms. The van der Waals surface area contributed by atoms with Crippen LogP contribution in [0, 0.1) is 16.0 Å². The second-order valence-electron chi connectivity index (χ2n) is 4.15. The predicted molar refractivity (Wildman–Crippen MR) is 62.3 cm³/mol. The van der Waals surface area contributed by atoms with Crippen LogP contribution in [0.25, 0.3) is 0 Å². The third-order valence-corrected chi connectivity index (χ3v) is 2.76. The summed E-state index contributed by atoms with van der Waals surface area (Å²) in [6.45, 7) is 1.51. The molecule has 0 spiro atoms. The van der Waals surface area contributed by atoms with Gasteiger partial charge in [-0.2, -0.15) is 0 Å². The third kappa shape index (κ3) is 3.16. The Morgan fingerprint density at radius 2 is 2.47 bits per heavy atom. The minimum Gasteiger partial charge on any atom is -0.477 e. The highest BCUT2D eigenvalue weighted by Gasteiger charge is 2.21. The molecule has 1 unspecified atom stereocenters. The van der Waals surface area contributed by atoms with Crippen LogP contribution in [0.15, 0.2) is 12.3 Å². The Hall–Kier alpha value is -2.22. The molecule has 102 valence electrons. The van der Waals surface area contributed by atoms with Gasteiger partial charge in [-0.25, -0.2) is 9.78 Å². The van der Waals surface area contributed by atoms with Crippen LogP contribution >= 0.6 is 0 Å². The smallest absolute Gasteiger partial charge is 0.341 e. The maximum absolute atomic E-state index is 11.0. The van der Waals surface area contributed by atoms with Crippen LogP contribution in [0.5, 0.6) is 5.88 Å². The Bertz CT molecular complexity index is 498. The summed E-state index contributed by atoms with van der Waals surface area (Å²) < 4.78 is 10.5. The molecule has 2 rings (SSSR count). The molecule has 1 atom stereocenters. The standard InChI is InChI=1S/C11H12N2O6/c14-11(15)9-3-8(13(16)17)4-12-10(9)19-6-7-1-2-18-5-7/h3-4,7H,1-2,5-6H2,(H,14,15). The first-order valence-electron chi connectivity index (χ1n) is 5.66. The first-order valence-corrected chi connectivity index (χ1v) is 5.66. The SMILES string of the molecule is O=C(O)c1cc([N+](=O)[O-])cnc1OCC1CCOC1. The number of aromatic nitrogens is 1. The van der Waals surface area contributed by atoms with Crippen molar-refractivity contribution in [3.8, 4) is 5.88 Å². The summed E-state index contributed by atoms with van der Waals surface area (Å²) in [6.07, 6.45) is 1.82. The van der Waals surface area contributed by atoms with E-state index in [0.717, 1.165) is 18.7 Å². The van der Waals surface area contributed by atoms with E-state index in [1.54, 1.807) is 0 Å². The molecule has 1 aromatic rings. The van der Waals surface area contributed by atoms with Crippen LogP contribution < -0.4 is 4.74 Å². The number of hydrogen-bond acceptors (Lipinski definition) is 6. The zero-order chi connectivity index (χ0) is 13.8. The number of nitro groups is 1. The minimum atomic E-state index is -1.31. The number of carboxylic acid groups (broad SMARTS) is 1. The second-order valence-corrected chi connectivity index (χ2v) is 4.15. The molecule has 0 saturated carbocycles. The van der Waals surface area contributed by atoms with Crippen molar-refractivity contribution in [1.82, 2.24) is 4.98 Å². The number of rotatable bonds is 5. The molecule has 0 bridgehead atoms. The molecular weight excluding hydrogens is 256 g/mol. The fourth-order valence-electron chi connectivity index (χ4n) is 1.72. The summed E-state index contributed by atoms with van der Waals surface area (Å²) in [4.78, 5) is 24.6. The number of aromatic carboxylic acids is 1. The van der Waals surface area contributed by atoms with Crippen LogP contribution in [-0.4, -0.2) is 40.8 Å². The predicted octanol–water partition coefficient (Wildman–Crippen LogP) is 1.10.